The Morgan fingerprint density at radius 1 is 0.750 bits per heavy atom. The Morgan fingerprint density at radius 3 is 1.59 bits per heavy atom. The van der Waals surface area contributed by atoms with Crippen molar-refractivity contribution in [2.24, 2.45) is 0 Å². The number of esters is 1. The molecule has 0 unspecified atom stereocenters. The summed E-state index contributed by atoms with van der Waals surface area (Å²) in [5.41, 5.74) is 0.0482. The van der Waals surface area contributed by atoms with Gasteiger partial charge in [0, 0.05) is 12.7 Å². The molecule has 0 aliphatic rings. The fourth-order valence-corrected chi connectivity index (χ4v) is 7.20. The van der Waals surface area contributed by atoms with E-state index in [0.717, 1.165) is 15.6 Å². The first-order chi connectivity index (χ1) is 15.6. The summed E-state index contributed by atoms with van der Waals surface area (Å²) in [5.74, 6) is -1.16. The van der Waals surface area contributed by atoms with Gasteiger partial charge in [-0.05, 0) is 15.6 Å². The number of hydrogen-bond donors (Lipinski definition) is 0. The second kappa shape index (κ2) is 11.2. The molecule has 0 radical (unpaired) electrons. The van der Waals surface area contributed by atoms with Crippen molar-refractivity contribution >= 4 is 35.8 Å². The van der Waals surface area contributed by atoms with Crippen molar-refractivity contribution < 1.29 is 23.5 Å². The maximum absolute atomic E-state index is 13.2. The first-order valence-electron chi connectivity index (χ1n) is 10.3. The van der Waals surface area contributed by atoms with Crippen LogP contribution in [0.5, 0.6) is 0 Å². The molecule has 0 atom stereocenters. The van der Waals surface area contributed by atoms with Crippen molar-refractivity contribution in [3.8, 4) is 0 Å². The molecule has 32 heavy (non-hydrogen) atoms. The van der Waals surface area contributed by atoms with Gasteiger partial charge in [0.05, 0.1) is 13.0 Å². The van der Waals surface area contributed by atoms with Crippen molar-refractivity contribution in [2.45, 2.75) is 6.42 Å². The largest absolute Gasteiger partial charge is 0.502 e. The van der Waals surface area contributed by atoms with E-state index in [4.69, 9.17) is 13.9 Å². The second-order valence-corrected chi connectivity index (χ2v) is 10.5. The zero-order chi connectivity index (χ0) is 22.8. The quantitative estimate of drug-likeness (QED) is 0.157. The zero-order valence-corrected chi connectivity index (χ0v) is 19.0. The predicted molar refractivity (Wildman–Crippen MR) is 127 cm³/mol. The van der Waals surface area contributed by atoms with Crippen molar-refractivity contribution in [3.05, 3.63) is 103 Å². The second-order valence-electron chi connectivity index (χ2n) is 7.16. The van der Waals surface area contributed by atoms with Crippen LogP contribution in [0.3, 0.4) is 0 Å². The lowest BCUT2D eigenvalue weighted by molar-refractivity contribution is -0.145. The summed E-state index contributed by atoms with van der Waals surface area (Å²) in [7, 11) is -1.70. The van der Waals surface area contributed by atoms with Crippen LogP contribution in [0.2, 0.25) is 0 Å². The Bertz CT molecular complexity index is 939. The highest BCUT2D eigenvalue weighted by Gasteiger charge is 2.45. The van der Waals surface area contributed by atoms with Crippen LogP contribution in [0, 0.1) is 0 Å². The molecule has 0 fully saturated rings. The van der Waals surface area contributed by atoms with E-state index in [0.29, 0.717) is 0 Å². The standard InChI is InChI=1S/C26H26O5Si/c1-21(20-25(27)30-19-18-29-2)26(28)31-32(22-12-6-3-7-13-22,23-14-8-4-9-15-23)24-16-10-5-11-17-24/h3-17H,1,18-20H2,2H3. The normalized spacial score (nSPS) is 10.9. The molecular weight excluding hydrogens is 420 g/mol. The van der Waals surface area contributed by atoms with Gasteiger partial charge in [0.15, 0.2) is 0 Å². The van der Waals surface area contributed by atoms with Crippen LogP contribution >= 0.6 is 0 Å². The molecule has 0 saturated heterocycles. The summed E-state index contributed by atoms with van der Waals surface area (Å²) in [6.07, 6.45) is -0.245. The van der Waals surface area contributed by atoms with Crippen LogP contribution in [-0.2, 0) is 23.5 Å². The van der Waals surface area contributed by atoms with E-state index in [9.17, 15) is 9.59 Å². The molecule has 0 bridgehead atoms. The molecule has 3 aromatic rings. The van der Waals surface area contributed by atoms with Gasteiger partial charge in [-0.2, -0.15) is 0 Å². The van der Waals surface area contributed by atoms with Crippen LogP contribution in [0.1, 0.15) is 6.42 Å². The van der Waals surface area contributed by atoms with E-state index < -0.39 is 20.3 Å². The monoisotopic (exact) mass is 446 g/mol. The molecule has 6 heteroatoms. The number of benzene rings is 3. The van der Waals surface area contributed by atoms with Gasteiger partial charge in [-0.25, -0.2) is 4.79 Å². The van der Waals surface area contributed by atoms with Gasteiger partial charge in [0.25, 0.3) is 0 Å². The summed E-state index contributed by atoms with van der Waals surface area (Å²) in [5, 5.41) is 2.75. The summed E-state index contributed by atoms with van der Waals surface area (Å²) in [6, 6.07) is 29.2. The molecule has 0 aliphatic heterocycles. The van der Waals surface area contributed by atoms with Gasteiger partial charge in [-0.1, -0.05) is 97.6 Å². The third kappa shape index (κ3) is 5.41. The Balaban J connectivity index is 1.99. The zero-order valence-electron chi connectivity index (χ0n) is 18.0. The van der Waals surface area contributed by atoms with Gasteiger partial charge in [-0.3, -0.25) is 4.79 Å². The highest BCUT2D eigenvalue weighted by atomic mass is 28.4. The minimum Gasteiger partial charge on any atom is -0.502 e. The Morgan fingerprint density at radius 2 is 1.19 bits per heavy atom. The number of methoxy groups -OCH3 is 1. The maximum Gasteiger partial charge on any atom is 0.350 e. The first-order valence-corrected chi connectivity index (χ1v) is 12.2. The van der Waals surface area contributed by atoms with Gasteiger partial charge >= 0.3 is 20.3 Å². The SMILES string of the molecule is C=C(CC(=O)OCCOC)C(=O)O[Si](c1ccccc1)(c1ccccc1)c1ccccc1. The first kappa shape index (κ1) is 23.2. The van der Waals surface area contributed by atoms with Crippen molar-refractivity contribution in [3.63, 3.8) is 0 Å². The van der Waals surface area contributed by atoms with E-state index in [1.807, 2.05) is 91.0 Å². The number of rotatable bonds is 10. The van der Waals surface area contributed by atoms with Crippen LogP contribution in [0.4, 0.5) is 0 Å². The number of ether oxygens (including phenoxy) is 2. The minimum absolute atomic E-state index is 0.0482. The molecule has 0 heterocycles. The number of carbonyl (C=O) groups excluding carboxylic acids is 2. The lowest BCUT2D eigenvalue weighted by Gasteiger charge is -2.32. The molecule has 5 nitrogen and oxygen atoms in total. The van der Waals surface area contributed by atoms with Crippen LogP contribution in [-0.4, -0.2) is 40.6 Å². The van der Waals surface area contributed by atoms with Crippen LogP contribution in [0.15, 0.2) is 103 Å². The lowest BCUT2D eigenvalue weighted by atomic mass is 10.2. The van der Waals surface area contributed by atoms with Crippen LogP contribution in [0.25, 0.3) is 0 Å². The van der Waals surface area contributed by atoms with E-state index >= 15 is 0 Å². The van der Waals surface area contributed by atoms with E-state index in [-0.39, 0.29) is 25.2 Å². The summed E-state index contributed by atoms with van der Waals surface area (Å²) in [6.45, 7) is 4.21. The van der Waals surface area contributed by atoms with Gasteiger partial charge < -0.3 is 13.9 Å². The molecule has 0 aromatic heterocycles. The molecule has 3 rings (SSSR count). The Hall–Kier alpha value is -3.48. The third-order valence-electron chi connectivity index (χ3n) is 4.98. The van der Waals surface area contributed by atoms with E-state index in [2.05, 4.69) is 6.58 Å². The Kier molecular flexibility index (Phi) is 8.13. The summed E-state index contributed by atoms with van der Waals surface area (Å²) in [4.78, 5) is 25.3. The number of carbonyl (C=O) groups is 2. The molecule has 0 N–H and O–H groups in total. The number of hydrogen-bond acceptors (Lipinski definition) is 5. The minimum atomic E-state index is -3.21. The van der Waals surface area contributed by atoms with Crippen molar-refractivity contribution in [1.29, 1.82) is 0 Å². The third-order valence-corrected chi connectivity index (χ3v) is 8.91. The van der Waals surface area contributed by atoms with Gasteiger partial charge in [0.1, 0.15) is 6.61 Å². The van der Waals surface area contributed by atoms with Gasteiger partial charge in [-0.15, -0.1) is 0 Å². The van der Waals surface area contributed by atoms with Gasteiger partial charge in [0.2, 0.25) is 0 Å². The van der Waals surface area contributed by atoms with E-state index in [1.165, 1.54) is 7.11 Å². The summed E-state index contributed by atoms with van der Waals surface area (Å²) < 4.78 is 16.3. The topological polar surface area (TPSA) is 61.8 Å². The molecule has 0 saturated carbocycles. The highest BCUT2D eigenvalue weighted by molar-refractivity contribution is 7.07. The molecule has 0 spiro atoms. The maximum atomic E-state index is 13.2. The molecular formula is C26H26O5Si. The highest BCUT2D eigenvalue weighted by Crippen LogP contribution is 2.14. The fourth-order valence-electron chi connectivity index (χ4n) is 3.44. The predicted octanol–water partition coefficient (Wildman–Crippen LogP) is 2.33. The molecule has 0 aliphatic carbocycles. The fraction of sp³-hybridized carbons (Fsp3) is 0.154. The summed E-state index contributed by atoms with van der Waals surface area (Å²) >= 11 is 0. The van der Waals surface area contributed by atoms with E-state index in [1.54, 1.807) is 0 Å². The molecule has 3 aromatic carbocycles. The Labute approximate surface area is 189 Å². The molecule has 0 amide bonds. The molecule has 164 valence electrons. The lowest BCUT2D eigenvalue weighted by Crippen LogP contribution is -2.70. The van der Waals surface area contributed by atoms with Crippen molar-refractivity contribution in [1.82, 2.24) is 0 Å². The van der Waals surface area contributed by atoms with Crippen molar-refractivity contribution in [2.75, 3.05) is 20.3 Å². The average Bonchev–Trinajstić information content (AvgIpc) is 2.84. The average molecular weight is 447 g/mol. The van der Waals surface area contributed by atoms with Crippen LogP contribution < -0.4 is 15.6 Å². The smallest absolute Gasteiger partial charge is 0.350 e.